The van der Waals surface area contributed by atoms with Gasteiger partial charge in [0.15, 0.2) is 0 Å². The number of phenols is 1. The van der Waals surface area contributed by atoms with Gasteiger partial charge in [-0.05, 0) is 44.4 Å². The first-order chi connectivity index (χ1) is 9.19. The minimum atomic E-state index is -0.886. The van der Waals surface area contributed by atoms with Crippen molar-refractivity contribution in [3.8, 4) is 5.75 Å². The summed E-state index contributed by atoms with van der Waals surface area (Å²) in [6.45, 7) is 3.34. The molecule has 1 aromatic rings. The van der Waals surface area contributed by atoms with Crippen LogP contribution in [-0.4, -0.2) is 22.7 Å². The lowest BCUT2D eigenvalue weighted by atomic mass is 9.88. The summed E-state index contributed by atoms with van der Waals surface area (Å²) in [5, 5.41) is 9.22. The maximum Gasteiger partial charge on any atom is 0.405 e. The summed E-state index contributed by atoms with van der Waals surface area (Å²) in [6, 6.07) is 6.51. The van der Waals surface area contributed by atoms with Crippen LogP contribution in [-0.2, 0) is 16.0 Å². The van der Waals surface area contributed by atoms with Crippen molar-refractivity contribution in [2.45, 2.75) is 32.3 Å². The molecule has 6 heteroatoms. The molecule has 20 heavy (non-hydrogen) atoms. The molecule has 0 fully saturated rings. The molecule has 0 aliphatic heterocycles. The molecule has 0 heterocycles. The Bertz CT molecular complexity index is 482. The number of aromatic hydroxyl groups is 1. The molecule has 1 rings (SSSR count). The van der Waals surface area contributed by atoms with Gasteiger partial charge in [0.1, 0.15) is 11.4 Å². The van der Waals surface area contributed by atoms with Crippen LogP contribution in [0.15, 0.2) is 24.3 Å². The first-order valence-electron chi connectivity index (χ1n) is 6.25. The number of primary amides is 2. The van der Waals surface area contributed by atoms with Gasteiger partial charge in [0.2, 0.25) is 5.91 Å². The normalized spacial score (nSPS) is 12.7. The molecule has 0 saturated heterocycles. The van der Waals surface area contributed by atoms with Gasteiger partial charge in [-0.2, -0.15) is 0 Å². The highest BCUT2D eigenvalue weighted by Crippen LogP contribution is 2.24. The molecular formula is C14H20N2O4. The van der Waals surface area contributed by atoms with Crippen LogP contribution in [0.5, 0.6) is 5.75 Å². The standard InChI is InChI=1S/C14H20N2O4/c1-14(2,20-13(16)19)8-10(12(15)18)7-9-3-5-11(17)6-4-9/h3-6,10,17H,7-8H2,1-2H3,(H2,15,18)(H2,16,19). The summed E-state index contributed by atoms with van der Waals surface area (Å²) in [6.07, 6.45) is -0.212. The van der Waals surface area contributed by atoms with E-state index in [2.05, 4.69) is 0 Å². The first kappa shape index (κ1) is 15.8. The maximum absolute atomic E-state index is 11.5. The minimum absolute atomic E-state index is 0.154. The van der Waals surface area contributed by atoms with Crippen LogP contribution in [0.2, 0.25) is 0 Å². The van der Waals surface area contributed by atoms with Crippen LogP contribution in [0.1, 0.15) is 25.8 Å². The molecule has 0 radical (unpaired) electrons. The van der Waals surface area contributed by atoms with Gasteiger partial charge in [-0.15, -0.1) is 0 Å². The van der Waals surface area contributed by atoms with Gasteiger partial charge in [-0.25, -0.2) is 4.79 Å². The van der Waals surface area contributed by atoms with Crippen molar-refractivity contribution in [1.82, 2.24) is 0 Å². The van der Waals surface area contributed by atoms with E-state index in [9.17, 15) is 14.7 Å². The Morgan fingerprint density at radius 1 is 1.25 bits per heavy atom. The maximum atomic E-state index is 11.5. The molecule has 0 aliphatic rings. The molecular weight excluding hydrogens is 260 g/mol. The highest BCUT2D eigenvalue weighted by Gasteiger charge is 2.29. The van der Waals surface area contributed by atoms with Gasteiger partial charge in [0, 0.05) is 5.92 Å². The van der Waals surface area contributed by atoms with Crippen molar-refractivity contribution in [1.29, 1.82) is 0 Å². The van der Waals surface area contributed by atoms with Crippen molar-refractivity contribution in [2.24, 2.45) is 17.4 Å². The van der Waals surface area contributed by atoms with Crippen molar-refractivity contribution >= 4 is 12.0 Å². The van der Waals surface area contributed by atoms with Gasteiger partial charge in [-0.3, -0.25) is 4.79 Å². The number of amides is 2. The molecule has 1 aromatic carbocycles. The summed E-state index contributed by atoms with van der Waals surface area (Å²) in [5.41, 5.74) is 10.4. The van der Waals surface area contributed by atoms with E-state index < -0.39 is 23.5 Å². The van der Waals surface area contributed by atoms with E-state index in [1.165, 1.54) is 0 Å². The molecule has 6 nitrogen and oxygen atoms in total. The van der Waals surface area contributed by atoms with Crippen molar-refractivity contribution in [2.75, 3.05) is 0 Å². The number of benzene rings is 1. The van der Waals surface area contributed by atoms with Crippen LogP contribution in [0, 0.1) is 5.92 Å². The molecule has 110 valence electrons. The third kappa shape index (κ3) is 5.17. The topological polar surface area (TPSA) is 116 Å². The highest BCUT2D eigenvalue weighted by atomic mass is 16.6. The van der Waals surface area contributed by atoms with E-state index in [-0.39, 0.29) is 12.2 Å². The fraction of sp³-hybridized carbons (Fsp3) is 0.429. The first-order valence-corrected chi connectivity index (χ1v) is 6.25. The lowest BCUT2D eigenvalue weighted by Gasteiger charge is -2.27. The van der Waals surface area contributed by atoms with Crippen molar-refractivity contribution in [3.63, 3.8) is 0 Å². The molecule has 0 spiro atoms. The number of hydrogen-bond acceptors (Lipinski definition) is 4. The van der Waals surface area contributed by atoms with E-state index in [1.807, 2.05) is 0 Å². The molecule has 2 amide bonds. The second kappa shape index (κ2) is 6.27. The molecule has 0 bridgehead atoms. The Labute approximate surface area is 117 Å². The largest absolute Gasteiger partial charge is 0.508 e. The molecule has 1 atom stereocenters. The SMILES string of the molecule is CC(C)(CC(Cc1ccc(O)cc1)C(N)=O)OC(N)=O. The predicted octanol–water partition coefficient (Wildman–Crippen LogP) is 1.30. The minimum Gasteiger partial charge on any atom is -0.508 e. The van der Waals surface area contributed by atoms with Crippen molar-refractivity contribution in [3.05, 3.63) is 29.8 Å². The average Bonchev–Trinajstić information content (AvgIpc) is 2.29. The summed E-state index contributed by atoms with van der Waals surface area (Å²) in [7, 11) is 0. The zero-order chi connectivity index (χ0) is 15.3. The Hall–Kier alpha value is -2.24. The number of hydrogen-bond donors (Lipinski definition) is 3. The Morgan fingerprint density at radius 3 is 2.25 bits per heavy atom. The van der Waals surface area contributed by atoms with E-state index in [0.717, 1.165) is 5.56 Å². The zero-order valence-electron chi connectivity index (χ0n) is 11.6. The summed E-state index contributed by atoms with van der Waals surface area (Å²) in [4.78, 5) is 22.4. The van der Waals surface area contributed by atoms with Crippen LogP contribution in [0.4, 0.5) is 4.79 Å². The number of phenolic OH excluding ortho intramolecular Hbond substituents is 1. The van der Waals surface area contributed by atoms with Gasteiger partial charge in [0.25, 0.3) is 0 Å². The molecule has 0 aliphatic carbocycles. The van der Waals surface area contributed by atoms with E-state index in [4.69, 9.17) is 16.2 Å². The Balaban J connectivity index is 2.77. The van der Waals surface area contributed by atoms with Gasteiger partial charge < -0.3 is 21.3 Å². The molecule has 5 N–H and O–H groups in total. The number of rotatable bonds is 6. The van der Waals surface area contributed by atoms with E-state index in [1.54, 1.807) is 38.1 Å². The molecule has 0 saturated carbocycles. The summed E-state index contributed by atoms with van der Waals surface area (Å²) < 4.78 is 4.97. The number of ether oxygens (including phenoxy) is 1. The number of nitrogens with two attached hydrogens (primary N) is 2. The van der Waals surface area contributed by atoms with Crippen LogP contribution < -0.4 is 11.5 Å². The fourth-order valence-corrected chi connectivity index (χ4v) is 2.10. The molecule has 0 aromatic heterocycles. The molecule has 1 unspecified atom stereocenters. The summed E-state index contributed by atoms with van der Waals surface area (Å²) >= 11 is 0. The zero-order valence-corrected chi connectivity index (χ0v) is 11.6. The third-order valence-corrected chi connectivity index (χ3v) is 2.94. The second-order valence-corrected chi connectivity index (χ2v) is 5.35. The number of carbonyl (C=O) groups excluding carboxylic acids is 2. The third-order valence-electron chi connectivity index (χ3n) is 2.94. The van der Waals surface area contributed by atoms with Crippen LogP contribution in [0.3, 0.4) is 0 Å². The number of carbonyl (C=O) groups is 2. The monoisotopic (exact) mass is 280 g/mol. The second-order valence-electron chi connectivity index (χ2n) is 5.35. The van der Waals surface area contributed by atoms with Crippen molar-refractivity contribution < 1.29 is 19.4 Å². The lowest BCUT2D eigenvalue weighted by Crippen LogP contribution is -2.37. The van der Waals surface area contributed by atoms with Crippen LogP contribution >= 0.6 is 0 Å². The Kier molecular flexibility index (Phi) is 4.96. The van der Waals surface area contributed by atoms with Gasteiger partial charge in [0.05, 0.1) is 0 Å². The van der Waals surface area contributed by atoms with Gasteiger partial charge >= 0.3 is 6.09 Å². The Morgan fingerprint density at radius 2 is 1.80 bits per heavy atom. The quantitative estimate of drug-likeness (QED) is 0.728. The summed E-state index contributed by atoms with van der Waals surface area (Å²) in [5.74, 6) is -0.810. The average molecular weight is 280 g/mol. The van der Waals surface area contributed by atoms with E-state index >= 15 is 0 Å². The van der Waals surface area contributed by atoms with Crippen LogP contribution in [0.25, 0.3) is 0 Å². The fourth-order valence-electron chi connectivity index (χ4n) is 2.10. The smallest absolute Gasteiger partial charge is 0.405 e. The predicted molar refractivity (Wildman–Crippen MR) is 73.9 cm³/mol. The van der Waals surface area contributed by atoms with E-state index in [0.29, 0.717) is 6.42 Å². The van der Waals surface area contributed by atoms with Gasteiger partial charge in [-0.1, -0.05) is 12.1 Å². The lowest BCUT2D eigenvalue weighted by molar-refractivity contribution is -0.123. The highest BCUT2D eigenvalue weighted by molar-refractivity contribution is 5.77.